The van der Waals surface area contributed by atoms with Gasteiger partial charge in [-0.3, -0.25) is 0 Å². The van der Waals surface area contributed by atoms with Crippen LogP contribution in [0.5, 0.6) is 0 Å². The van der Waals surface area contributed by atoms with Gasteiger partial charge in [0.25, 0.3) is 0 Å². The van der Waals surface area contributed by atoms with Crippen LogP contribution in [-0.4, -0.2) is 20.2 Å². The Labute approximate surface area is 123 Å². The van der Waals surface area contributed by atoms with E-state index in [-0.39, 0.29) is 0 Å². The lowest BCUT2D eigenvalue weighted by Gasteiger charge is -2.09. The van der Waals surface area contributed by atoms with E-state index in [0.717, 1.165) is 11.1 Å². The smallest absolute Gasteiger partial charge is 0.184 e. The van der Waals surface area contributed by atoms with Gasteiger partial charge in [-0.25, -0.2) is 4.68 Å². The number of aromatic nitrogens is 4. The zero-order valence-corrected chi connectivity index (χ0v) is 12.1. The molecule has 21 heavy (non-hydrogen) atoms. The van der Waals surface area contributed by atoms with Crippen molar-refractivity contribution >= 4 is 5.69 Å². The molecule has 3 rings (SSSR count). The van der Waals surface area contributed by atoms with E-state index >= 15 is 0 Å². The van der Waals surface area contributed by atoms with Crippen LogP contribution >= 0.6 is 0 Å². The third-order valence-corrected chi connectivity index (χ3v) is 3.56. The van der Waals surface area contributed by atoms with Crippen molar-refractivity contribution in [3.8, 4) is 11.4 Å². The summed E-state index contributed by atoms with van der Waals surface area (Å²) < 4.78 is 1.79. The van der Waals surface area contributed by atoms with Gasteiger partial charge >= 0.3 is 0 Å². The van der Waals surface area contributed by atoms with Gasteiger partial charge in [-0.1, -0.05) is 35.9 Å². The normalized spacial score (nSPS) is 10.8. The molecule has 0 saturated heterocycles. The van der Waals surface area contributed by atoms with Crippen molar-refractivity contribution in [1.82, 2.24) is 20.2 Å². The summed E-state index contributed by atoms with van der Waals surface area (Å²) in [6.45, 7) is 4.74. The van der Waals surface area contributed by atoms with E-state index < -0.39 is 0 Å². The Hall–Kier alpha value is -2.69. The van der Waals surface area contributed by atoms with E-state index in [1.165, 1.54) is 11.1 Å². The summed E-state index contributed by atoms with van der Waals surface area (Å²) in [4.78, 5) is 0. The molecule has 0 aliphatic carbocycles. The number of tetrazole rings is 1. The van der Waals surface area contributed by atoms with Crippen molar-refractivity contribution in [2.24, 2.45) is 0 Å². The van der Waals surface area contributed by atoms with E-state index in [0.29, 0.717) is 18.1 Å². The number of aryl methyl sites for hydroxylation is 2. The van der Waals surface area contributed by atoms with Gasteiger partial charge in [-0.05, 0) is 47.5 Å². The number of benzene rings is 2. The average Bonchev–Trinajstić information content (AvgIpc) is 2.92. The summed E-state index contributed by atoms with van der Waals surface area (Å²) in [5, 5.41) is 12.0. The summed E-state index contributed by atoms with van der Waals surface area (Å²) in [5.74, 6) is 0.694. The molecule has 2 aromatic carbocycles. The van der Waals surface area contributed by atoms with Crippen LogP contribution in [0.3, 0.4) is 0 Å². The van der Waals surface area contributed by atoms with E-state index in [1.54, 1.807) is 4.68 Å². The molecular weight excluding hydrogens is 262 g/mol. The van der Waals surface area contributed by atoms with E-state index in [2.05, 4.69) is 34.6 Å². The molecule has 2 N–H and O–H groups in total. The number of anilines is 1. The van der Waals surface area contributed by atoms with Crippen molar-refractivity contribution in [1.29, 1.82) is 0 Å². The van der Waals surface area contributed by atoms with Gasteiger partial charge in [0.05, 0.1) is 6.54 Å². The molecule has 0 bridgehead atoms. The molecule has 5 nitrogen and oxygen atoms in total. The van der Waals surface area contributed by atoms with Crippen LogP contribution in [-0.2, 0) is 6.54 Å². The second-order valence-corrected chi connectivity index (χ2v) is 5.18. The first-order valence-corrected chi connectivity index (χ1v) is 6.82. The standard InChI is InChI=1S/C16H17N5/c1-11-7-8-15(17)14(9-11)16-18-19-20-21(16)10-13-6-4-3-5-12(13)2/h3-9H,10,17H2,1-2H3. The van der Waals surface area contributed by atoms with Gasteiger partial charge in [0.2, 0.25) is 0 Å². The average molecular weight is 279 g/mol. The maximum absolute atomic E-state index is 6.06. The number of nitrogen functional groups attached to an aromatic ring is 1. The highest BCUT2D eigenvalue weighted by Gasteiger charge is 2.13. The fraction of sp³-hybridized carbons (Fsp3) is 0.188. The van der Waals surface area contributed by atoms with Crippen LogP contribution in [0.4, 0.5) is 5.69 Å². The van der Waals surface area contributed by atoms with E-state index in [9.17, 15) is 0 Å². The van der Waals surface area contributed by atoms with Crippen LogP contribution < -0.4 is 5.73 Å². The van der Waals surface area contributed by atoms with Crippen LogP contribution in [0.25, 0.3) is 11.4 Å². The molecule has 106 valence electrons. The van der Waals surface area contributed by atoms with Gasteiger partial charge in [-0.15, -0.1) is 5.10 Å². The number of hydrogen-bond acceptors (Lipinski definition) is 4. The molecule has 0 amide bonds. The Balaban J connectivity index is 2.02. The summed E-state index contributed by atoms with van der Waals surface area (Å²) >= 11 is 0. The van der Waals surface area contributed by atoms with Crippen molar-refractivity contribution in [2.45, 2.75) is 20.4 Å². The molecular formula is C16H17N5. The second kappa shape index (κ2) is 5.36. The third-order valence-electron chi connectivity index (χ3n) is 3.56. The molecule has 1 heterocycles. The topological polar surface area (TPSA) is 69.6 Å². The highest BCUT2D eigenvalue weighted by Crippen LogP contribution is 2.25. The largest absolute Gasteiger partial charge is 0.398 e. The van der Waals surface area contributed by atoms with Crippen molar-refractivity contribution in [3.05, 3.63) is 59.2 Å². The minimum Gasteiger partial charge on any atom is -0.398 e. The Morgan fingerprint density at radius 2 is 1.90 bits per heavy atom. The van der Waals surface area contributed by atoms with Crippen LogP contribution in [0, 0.1) is 13.8 Å². The van der Waals surface area contributed by atoms with Crippen molar-refractivity contribution in [3.63, 3.8) is 0 Å². The number of rotatable bonds is 3. The highest BCUT2D eigenvalue weighted by molar-refractivity contribution is 5.72. The van der Waals surface area contributed by atoms with Gasteiger partial charge in [0.1, 0.15) is 0 Å². The first-order chi connectivity index (χ1) is 10.1. The van der Waals surface area contributed by atoms with E-state index in [1.807, 2.05) is 37.3 Å². The summed E-state index contributed by atoms with van der Waals surface area (Å²) in [5.41, 5.74) is 11.2. The van der Waals surface area contributed by atoms with Gasteiger partial charge in [0.15, 0.2) is 5.82 Å². The first-order valence-electron chi connectivity index (χ1n) is 6.82. The molecule has 0 aliphatic rings. The van der Waals surface area contributed by atoms with Crippen LogP contribution in [0.1, 0.15) is 16.7 Å². The van der Waals surface area contributed by atoms with E-state index in [4.69, 9.17) is 5.73 Å². The molecule has 5 heteroatoms. The number of hydrogen-bond donors (Lipinski definition) is 1. The molecule has 0 radical (unpaired) electrons. The predicted molar refractivity (Wildman–Crippen MR) is 82.7 cm³/mol. The quantitative estimate of drug-likeness (QED) is 0.748. The Morgan fingerprint density at radius 3 is 2.71 bits per heavy atom. The van der Waals surface area contributed by atoms with Crippen molar-refractivity contribution < 1.29 is 0 Å². The minimum atomic E-state index is 0.627. The van der Waals surface area contributed by atoms with Crippen LogP contribution in [0.15, 0.2) is 42.5 Å². The lowest BCUT2D eigenvalue weighted by molar-refractivity contribution is 0.651. The maximum Gasteiger partial charge on any atom is 0.184 e. The zero-order chi connectivity index (χ0) is 14.8. The molecule has 0 saturated carbocycles. The fourth-order valence-electron chi connectivity index (χ4n) is 2.32. The van der Waals surface area contributed by atoms with Gasteiger partial charge in [-0.2, -0.15) is 0 Å². The monoisotopic (exact) mass is 279 g/mol. The maximum atomic E-state index is 6.06. The van der Waals surface area contributed by atoms with Gasteiger partial charge in [0, 0.05) is 11.3 Å². The zero-order valence-electron chi connectivity index (χ0n) is 12.1. The molecule has 0 spiro atoms. The number of nitrogens with two attached hydrogens (primary N) is 1. The molecule has 0 unspecified atom stereocenters. The van der Waals surface area contributed by atoms with Gasteiger partial charge < -0.3 is 5.73 Å². The Bertz CT molecular complexity index is 776. The molecule has 0 aliphatic heterocycles. The summed E-state index contributed by atoms with van der Waals surface area (Å²) in [7, 11) is 0. The van der Waals surface area contributed by atoms with Crippen LogP contribution in [0.2, 0.25) is 0 Å². The summed E-state index contributed by atoms with van der Waals surface area (Å²) in [6.07, 6.45) is 0. The number of nitrogens with zero attached hydrogens (tertiary/aromatic N) is 4. The molecule has 0 atom stereocenters. The second-order valence-electron chi connectivity index (χ2n) is 5.18. The highest BCUT2D eigenvalue weighted by atomic mass is 15.5. The Kier molecular flexibility index (Phi) is 3.39. The van der Waals surface area contributed by atoms with Crippen molar-refractivity contribution in [2.75, 3.05) is 5.73 Å². The fourth-order valence-corrected chi connectivity index (χ4v) is 2.32. The molecule has 3 aromatic rings. The Morgan fingerprint density at radius 1 is 1.10 bits per heavy atom. The minimum absolute atomic E-state index is 0.627. The molecule has 0 fully saturated rings. The SMILES string of the molecule is Cc1ccc(N)c(-c2nnnn2Cc2ccccc2C)c1. The lowest BCUT2D eigenvalue weighted by Crippen LogP contribution is -2.06. The lowest BCUT2D eigenvalue weighted by atomic mass is 10.1. The third kappa shape index (κ3) is 2.63. The predicted octanol–water partition coefficient (Wildman–Crippen LogP) is 2.59. The summed E-state index contributed by atoms with van der Waals surface area (Å²) in [6, 6.07) is 14.1. The molecule has 1 aromatic heterocycles. The first kappa shape index (κ1) is 13.3.